The van der Waals surface area contributed by atoms with Crippen molar-refractivity contribution < 1.29 is 10.2 Å². The topological polar surface area (TPSA) is 40.5 Å². The van der Waals surface area contributed by atoms with Crippen molar-refractivity contribution in [2.75, 3.05) is 0 Å². The van der Waals surface area contributed by atoms with Gasteiger partial charge in [0.25, 0.3) is 0 Å². The van der Waals surface area contributed by atoms with Crippen LogP contribution in [-0.4, -0.2) is 10.2 Å². The van der Waals surface area contributed by atoms with Crippen LogP contribution in [0.1, 0.15) is 122 Å². The number of aromatic hydroxyl groups is 2. The Bertz CT molecular complexity index is 722. The molecule has 0 aliphatic rings. The van der Waals surface area contributed by atoms with Crippen LogP contribution in [0.3, 0.4) is 0 Å². The lowest BCUT2D eigenvalue weighted by molar-refractivity contribution is 0.403. The van der Waals surface area contributed by atoms with Gasteiger partial charge in [0.15, 0.2) is 11.5 Å². The Kier molecular flexibility index (Phi) is 13.2. The molecule has 31 heavy (non-hydrogen) atoms. The number of unbranched alkanes of at least 4 members (excludes halogenated alkanes) is 16. The molecular formula is C29H46O2. The summed E-state index contributed by atoms with van der Waals surface area (Å²) in [5.74, 6) is 0.0928. The third kappa shape index (κ3) is 9.97. The quantitative estimate of drug-likeness (QED) is 0.184. The summed E-state index contributed by atoms with van der Waals surface area (Å²) in [6.45, 7) is 2.28. The standard InChI is InChI=1S/C29H46O2/c1-2-3-4-5-6-7-8-9-10-11-12-13-14-15-16-17-18-22-26-24-25-21-19-20-23-27(25)29(31)28(26)30/h19-21,23-24,30-31H,2-18,22H2,1H3. The zero-order valence-electron chi connectivity index (χ0n) is 20.0. The third-order valence-corrected chi connectivity index (χ3v) is 6.62. The van der Waals surface area contributed by atoms with Gasteiger partial charge in [0.1, 0.15) is 0 Å². The second-order valence-electron chi connectivity index (χ2n) is 9.36. The minimum absolute atomic E-state index is 0.0278. The molecule has 0 aliphatic carbocycles. The molecule has 0 amide bonds. The molecule has 2 aromatic rings. The largest absolute Gasteiger partial charge is 0.504 e. The fraction of sp³-hybridized carbons (Fsp3) is 0.655. The first-order valence-electron chi connectivity index (χ1n) is 13.2. The molecule has 2 heteroatoms. The van der Waals surface area contributed by atoms with Crippen LogP contribution in [0, 0.1) is 0 Å². The lowest BCUT2D eigenvalue weighted by atomic mass is 9.99. The van der Waals surface area contributed by atoms with Crippen LogP contribution >= 0.6 is 0 Å². The van der Waals surface area contributed by atoms with Gasteiger partial charge in [0.05, 0.1) is 0 Å². The molecule has 0 spiro atoms. The number of aryl methyl sites for hydroxylation is 1. The van der Waals surface area contributed by atoms with Gasteiger partial charge < -0.3 is 10.2 Å². The summed E-state index contributed by atoms with van der Waals surface area (Å²) in [7, 11) is 0. The lowest BCUT2D eigenvalue weighted by Gasteiger charge is -2.10. The Morgan fingerprint density at radius 1 is 0.548 bits per heavy atom. The van der Waals surface area contributed by atoms with Crippen LogP contribution in [-0.2, 0) is 6.42 Å². The fourth-order valence-corrected chi connectivity index (χ4v) is 4.61. The maximum absolute atomic E-state index is 10.3. The van der Waals surface area contributed by atoms with Crippen molar-refractivity contribution in [3.63, 3.8) is 0 Å². The van der Waals surface area contributed by atoms with E-state index in [4.69, 9.17) is 0 Å². The second kappa shape index (κ2) is 16.0. The van der Waals surface area contributed by atoms with Gasteiger partial charge in [-0.15, -0.1) is 0 Å². The van der Waals surface area contributed by atoms with E-state index in [0.717, 1.165) is 29.2 Å². The van der Waals surface area contributed by atoms with Crippen molar-refractivity contribution in [3.8, 4) is 11.5 Å². The fourth-order valence-electron chi connectivity index (χ4n) is 4.61. The summed E-state index contributed by atoms with van der Waals surface area (Å²) in [6.07, 6.45) is 24.1. The zero-order chi connectivity index (χ0) is 22.2. The van der Waals surface area contributed by atoms with Crippen LogP contribution < -0.4 is 0 Å². The molecule has 0 aliphatic heterocycles. The molecule has 0 saturated carbocycles. The molecular weight excluding hydrogens is 380 g/mol. The molecule has 174 valence electrons. The number of hydrogen-bond acceptors (Lipinski definition) is 2. The highest BCUT2D eigenvalue weighted by molar-refractivity contribution is 5.91. The molecule has 0 heterocycles. The number of phenolic OH excluding ortho intramolecular Hbond substituents is 2. The van der Waals surface area contributed by atoms with Crippen molar-refractivity contribution in [2.45, 2.75) is 122 Å². The van der Waals surface area contributed by atoms with Crippen molar-refractivity contribution in [3.05, 3.63) is 35.9 Å². The first kappa shape index (κ1) is 25.6. The van der Waals surface area contributed by atoms with Crippen LogP contribution in [0.4, 0.5) is 0 Å². The number of fused-ring (bicyclic) bond motifs is 1. The van der Waals surface area contributed by atoms with Gasteiger partial charge in [-0.25, -0.2) is 0 Å². The van der Waals surface area contributed by atoms with E-state index >= 15 is 0 Å². The van der Waals surface area contributed by atoms with Crippen LogP contribution in [0.25, 0.3) is 10.8 Å². The minimum Gasteiger partial charge on any atom is -0.504 e. The van der Waals surface area contributed by atoms with E-state index in [9.17, 15) is 10.2 Å². The highest BCUT2D eigenvalue weighted by Gasteiger charge is 2.11. The van der Waals surface area contributed by atoms with Crippen molar-refractivity contribution in [2.24, 2.45) is 0 Å². The average molecular weight is 427 g/mol. The Hall–Kier alpha value is -1.70. The van der Waals surface area contributed by atoms with Crippen molar-refractivity contribution in [1.82, 2.24) is 0 Å². The summed E-state index contributed by atoms with van der Waals surface area (Å²) in [5.41, 5.74) is 0.872. The van der Waals surface area contributed by atoms with Crippen molar-refractivity contribution >= 4 is 10.8 Å². The lowest BCUT2D eigenvalue weighted by Crippen LogP contribution is -1.89. The summed E-state index contributed by atoms with van der Waals surface area (Å²) in [6, 6.07) is 9.73. The molecule has 2 aromatic carbocycles. The molecule has 0 unspecified atom stereocenters. The third-order valence-electron chi connectivity index (χ3n) is 6.62. The summed E-state index contributed by atoms with van der Waals surface area (Å²) < 4.78 is 0. The van der Waals surface area contributed by atoms with E-state index in [-0.39, 0.29) is 11.5 Å². The number of benzene rings is 2. The van der Waals surface area contributed by atoms with E-state index in [2.05, 4.69) is 6.92 Å². The molecule has 0 fully saturated rings. The van der Waals surface area contributed by atoms with Gasteiger partial charge in [-0.2, -0.15) is 0 Å². The van der Waals surface area contributed by atoms with E-state index in [1.165, 1.54) is 103 Å². The predicted octanol–water partition coefficient (Wildman–Crippen LogP) is 9.45. The molecule has 0 saturated heterocycles. The molecule has 2 N–H and O–H groups in total. The Balaban J connectivity index is 1.42. The van der Waals surface area contributed by atoms with E-state index < -0.39 is 0 Å². The monoisotopic (exact) mass is 426 g/mol. The Labute approximate surface area is 191 Å². The highest BCUT2D eigenvalue weighted by Crippen LogP contribution is 2.37. The van der Waals surface area contributed by atoms with E-state index in [0.29, 0.717) is 0 Å². The molecule has 2 rings (SSSR count). The van der Waals surface area contributed by atoms with E-state index in [1.807, 2.05) is 30.3 Å². The van der Waals surface area contributed by atoms with Gasteiger partial charge in [0.2, 0.25) is 0 Å². The molecule has 0 aromatic heterocycles. The highest BCUT2D eigenvalue weighted by atomic mass is 16.3. The van der Waals surface area contributed by atoms with Gasteiger partial charge in [-0.1, -0.05) is 134 Å². The average Bonchev–Trinajstić information content (AvgIpc) is 2.79. The predicted molar refractivity (Wildman–Crippen MR) is 135 cm³/mol. The first-order valence-corrected chi connectivity index (χ1v) is 13.2. The second-order valence-corrected chi connectivity index (χ2v) is 9.36. The Morgan fingerprint density at radius 3 is 1.52 bits per heavy atom. The van der Waals surface area contributed by atoms with E-state index in [1.54, 1.807) is 0 Å². The number of hydrogen-bond donors (Lipinski definition) is 2. The number of rotatable bonds is 18. The smallest absolute Gasteiger partial charge is 0.165 e. The zero-order valence-corrected chi connectivity index (χ0v) is 20.0. The molecule has 0 atom stereocenters. The molecule has 2 nitrogen and oxygen atoms in total. The summed E-state index contributed by atoms with van der Waals surface area (Å²) in [4.78, 5) is 0. The van der Waals surface area contributed by atoms with Gasteiger partial charge >= 0.3 is 0 Å². The minimum atomic E-state index is 0.0278. The summed E-state index contributed by atoms with van der Waals surface area (Å²) >= 11 is 0. The van der Waals surface area contributed by atoms with Crippen molar-refractivity contribution in [1.29, 1.82) is 0 Å². The van der Waals surface area contributed by atoms with Gasteiger partial charge in [-0.05, 0) is 29.9 Å². The van der Waals surface area contributed by atoms with Crippen LogP contribution in [0.15, 0.2) is 30.3 Å². The summed E-state index contributed by atoms with van der Waals surface area (Å²) in [5, 5.41) is 22.2. The molecule has 0 radical (unpaired) electrons. The maximum Gasteiger partial charge on any atom is 0.165 e. The SMILES string of the molecule is CCCCCCCCCCCCCCCCCCCc1cc2ccccc2c(O)c1O. The van der Waals surface area contributed by atoms with Gasteiger partial charge in [-0.3, -0.25) is 0 Å². The van der Waals surface area contributed by atoms with Crippen LogP contribution in [0.5, 0.6) is 11.5 Å². The normalized spacial score (nSPS) is 11.4. The van der Waals surface area contributed by atoms with Crippen LogP contribution in [0.2, 0.25) is 0 Å². The maximum atomic E-state index is 10.3. The van der Waals surface area contributed by atoms with Gasteiger partial charge in [0, 0.05) is 5.39 Å². The molecule has 0 bridgehead atoms. The Morgan fingerprint density at radius 2 is 1.00 bits per heavy atom. The first-order chi connectivity index (χ1) is 15.2. The number of phenols is 2.